The van der Waals surface area contributed by atoms with Crippen LogP contribution in [0.1, 0.15) is 12.8 Å². The van der Waals surface area contributed by atoms with Crippen molar-refractivity contribution in [2.24, 2.45) is 0 Å². The Morgan fingerprint density at radius 3 is 2.47 bits per heavy atom. The number of benzene rings is 1. The maximum atomic E-state index is 12.8. The molecule has 96 valence electrons. The molecule has 0 spiro atoms. The molecule has 0 fully saturated rings. The van der Waals surface area contributed by atoms with E-state index in [4.69, 9.17) is 10.5 Å². The molecule has 0 aliphatic carbocycles. The second-order valence-corrected chi connectivity index (χ2v) is 4.23. The van der Waals surface area contributed by atoms with Crippen molar-refractivity contribution in [2.75, 3.05) is 12.3 Å². The Hall–Kier alpha value is -0.980. The molecule has 0 saturated heterocycles. The Balaban J connectivity index is 2.53. The lowest BCUT2D eigenvalue weighted by Crippen LogP contribution is -2.10. The van der Waals surface area contributed by atoms with Gasteiger partial charge < -0.3 is 10.5 Å². The fourth-order valence-electron chi connectivity index (χ4n) is 1.18. The number of halogens is 5. The Morgan fingerprint density at radius 1 is 1.29 bits per heavy atom. The molecule has 1 aromatic rings. The molecule has 0 aromatic heterocycles. The summed E-state index contributed by atoms with van der Waals surface area (Å²) in [5, 5.41) is 0. The lowest BCUT2D eigenvalue weighted by atomic mass is 10.3. The third-order valence-corrected chi connectivity index (χ3v) is 2.48. The van der Waals surface area contributed by atoms with Crippen molar-refractivity contribution in [3.8, 4) is 5.75 Å². The van der Waals surface area contributed by atoms with Crippen molar-refractivity contribution in [3.05, 3.63) is 22.4 Å². The fourth-order valence-corrected chi connectivity index (χ4v) is 1.74. The number of anilines is 1. The number of ether oxygens (including phenoxy) is 1. The number of nitrogen functional groups attached to an aromatic ring is 1. The highest BCUT2D eigenvalue weighted by atomic mass is 79.9. The summed E-state index contributed by atoms with van der Waals surface area (Å²) in [6.45, 7) is -0.131. The molecule has 17 heavy (non-hydrogen) atoms. The lowest BCUT2D eigenvalue weighted by Gasteiger charge is -2.11. The van der Waals surface area contributed by atoms with Crippen molar-refractivity contribution in [1.29, 1.82) is 0 Å². The van der Waals surface area contributed by atoms with Gasteiger partial charge in [0, 0.05) is 12.5 Å². The Morgan fingerprint density at radius 2 is 1.94 bits per heavy atom. The molecule has 1 rings (SSSR count). The van der Waals surface area contributed by atoms with E-state index in [1.165, 1.54) is 0 Å². The van der Waals surface area contributed by atoms with Crippen molar-refractivity contribution in [3.63, 3.8) is 0 Å². The highest BCUT2D eigenvalue weighted by Gasteiger charge is 2.26. The van der Waals surface area contributed by atoms with E-state index in [9.17, 15) is 17.6 Å². The molecule has 0 atom stereocenters. The van der Waals surface area contributed by atoms with Crippen LogP contribution in [-0.2, 0) is 0 Å². The van der Waals surface area contributed by atoms with Gasteiger partial charge in [-0.05, 0) is 28.4 Å². The Bertz CT molecular complexity index is 371. The van der Waals surface area contributed by atoms with Crippen LogP contribution in [0.25, 0.3) is 0 Å². The first-order valence-corrected chi connectivity index (χ1v) is 5.53. The van der Waals surface area contributed by atoms with Crippen LogP contribution in [0, 0.1) is 5.82 Å². The quantitative estimate of drug-likeness (QED) is 0.519. The van der Waals surface area contributed by atoms with Crippen molar-refractivity contribution < 1.29 is 22.3 Å². The summed E-state index contributed by atoms with van der Waals surface area (Å²) >= 11 is 3.02. The number of nitrogens with two attached hydrogens (primary N) is 1. The van der Waals surface area contributed by atoms with Gasteiger partial charge in [0.2, 0.25) is 0 Å². The first-order chi connectivity index (χ1) is 7.79. The number of rotatable bonds is 4. The van der Waals surface area contributed by atoms with Crippen LogP contribution in [0.3, 0.4) is 0 Å². The van der Waals surface area contributed by atoms with Crippen LogP contribution in [-0.4, -0.2) is 12.8 Å². The molecular formula is C10H10BrF4NO. The van der Waals surface area contributed by atoms with E-state index in [2.05, 4.69) is 15.9 Å². The highest BCUT2D eigenvalue weighted by molar-refractivity contribution is 9.10. The van der Waals surface area contributed by atoms with Crippen molar-refractivity contribution in [2.45, 2.75) is 19.0 Å². The van der Waals surface area contributed by atoms with Crippen LogP contribution in [0.2, 0.25) is 0 Å². The largest absolute Gasteiger partial charge is 0.490 e. The van der Waals surface area contributed by atoms with Gasteiger partial charge >= 0.3 is 6.18 Å². The zero-order valence-corrected chi connectivity index (χ0v) is 10.2. The van der Waals surface area contributed by atoms with Crippen LogP contribution in [0.15, 0.2) is 16.6 Å². The standard InChI is InChI=1S/C10H10BrF4NO/c11-7-4-6(12)5-8(16)9(7)17-3-1-2-10(13,14)15/h4-5H,1-3,16H2. The molecule has 0 amide bonds. The zero-order valence-electron chi connectivity index (χ0n) is 8.65. The molecule has 7 heteroatoms. The minimum atomic E-state index is -4.20. The van der Waals surface area contributed by atoms with E-state index >= 15 is 0 Å². The molecule has 0 aliphatic heterocycles. The Labute approximate surface area is 104 Å². The van der Waals surface area contributed by atoms with Gasteiger partial charge in [-0.15, -0.1) is 0 Å². The zero-order chi connectivity index (χ0) is 13.1. The summed E-state index contributed by atoms with van der Waals surface area (Å²) in [5.41, 5.74) is 5.52. The molecule has 0 aliphatic rings. The van der Waals surface area contributed by atoms with Crippen LogP contribution in [0.5, 0.6) is 5.75 Å². The van der Waals surface area contributed by atoms with Crippen molar-refractivity contribution >= 4 is 21.6 Å². The monoisotopic (exact) mass is 315 g/mol. The van der Waals surface area contributed by atoms with Gasteiger partial charge in [-0.3, -0.25) is 0 Å². The average Bonchev–Trinajstić information content (AvgIpc) is 2.13. The molecular weight excluding hydrogens is 306 g/mol. The molecule has 0 radical (unpaired) electrons. The number of hydrogen-bond donors (Lipinski definition) is 1. The second kappa shape index (κ2) is 5.57. The number of alkyl halides is 3. The van der Waals surface area contributed by atoms with Crippen LogP contribution in [0.4, 0.5) is 23.2 Å². The van der Waals surface area contributed by atoms with E-state index in [0.717, 1.165) is 12.1 Å². The highest BCUT2D eigenvalue weighted by Crippen LogP contribution is 2.32. The van der Waals surface area contributed by atoms with E-state index in [-0.39, 0.29) is 28.9 Å². The molecule has 2 N–H and O–H groups in total. The molecule has 0 heterocycles. The molecule has 0 bridgehead atoms. The summed E-state index contributed by atoms with van der Waals surface area (Å²) in [5.74, 6) is -0.384. The topological polar surface area (TPSA) is 35.2 Å². The maximum absolute atomic E-state index is 12.8. The predicted molar refractivity (Wildman–Crippen MR) is 59.3 cm³/mol. The van der Waals surface area contributed by atoms with Crippen LogP contribution < -0.4 is 10.5 Å². The van der Waals surface area contributed by atoms with Gasteiger partial charge in [0.05, 0.1) is 16.8 Å². The smallest absolute Gasteiger partial charge is 0.389 e. The summed E-state index contributed by atoms with van der Waals surface area (Å²) < 4.78 is 53.8. The minimum Gasteiger partial charge on any atom is -0.490 e. The van der Waals surface area contributed by atoms with Gasteiger partial charge in [0.25, 0.3) is 0 Å². The van der Waals surface area contributed by atoms with Gasteiger partial charge in [-0.25, -0.2) is 4.39 Å². The van der Waals surface area contributed by atoms with Crippen LogP contribution >= 0.6 is 15.9 Å². The van der Waals surface area contributed by atoms with E-state index in [1.807, 2.05) is 0 Å². The van der Waals surface area contributed by atoms with E-state index in [1.54, 1.807) is 0 Å². The number of hydrogen-bond acceptors (Lipinski definition) is 2. The van der Waals surface area contributed by atoms with E-state index in [0.29, 0.717) is 0 Å². The SMILES string of the molecule is Nc1cc(F)cc(Br)c1OCCCC(F)(F)F. The van der Waals surface area contributed by atoms with Crippen molar-refractivity contribution in [1.82, 2.24) is 0 Å². The fraction of sp³-hybridized carbons (Fsp3) is 0.400. The lowest BCUT2D eigenvalue weighted by molar-refractivity contribution is -0.136. The van der Waals surface area contributed by atoms with Gasteiger partial charge in [-0.2, -0.15) is 13.2 Å². The average molecular weight is 316 g/mol. The van der Waals surface area contributed by atoms with Gasteiger partial charge in [-0.1, -0.05) is 0 Å². The van der Waals surface area contributed by atoms with Gasteiger partial charge in [0.15, 0.2) is 5.75 Å². The van der Waals surface area contributed by atoms with Gasteiger partial charge in [0.1, 0.15) is 5.82 Å². The van der Waals surface area contributed by atoms with E-state index < -0.39 is 18.4 Å². The first-order valence-electron chi connectivity index (χ1n) is 4.73. The summed E-state index contributed by atoms with van der Waals surface area (Å²) in [7, 11) is 0. The first kappa shape index (κ1) is 14.1. The minimum absolute atomic E-state index is 0.0453. The normalized spacial score (nSPS) is 11.6. The third-order valence-electron chi connectivity index (χ3n) is 1.89. The Kier molecular flexibility index (Phi) is 4.62. The third kappa shape index (κ3) is 4.80. The summed E-state index contributed by atoms with van der Waals surface area (Å²) in [6.07, 6.45) is -5.30. The maximum Gasteiger partial charge on any atom is 0.389 e. The predicted octanol–water partition coefficient (Wildman–Crippen LogP) is 3.89. The summed E-state index contributed by atoms with van der Waals surface area (Å²) in [4.78, 5) is 0. The molecule has 0 saturated carbocycles. The molecule has 1 aromatic carbocycles. The molecule has 0 unspecified atom stereocenters. The summed E-state index contributed by atoms with van der Waals surface area (Å²) in [6, 6.07) is 2.18. The molecule has 2 nitrogen and oxygen atoms in total. The second-order valence-electron chi connectivity index (χ2n) is 3.37.